The Balaban J connectivity index is 2.13. The lowest BCUT2D eigenvalue weighted by Gasteiger charge is -2.39. The van der Waals surface area contributed by atoms with Gasteiger partial charge in [-0.1, -0.05) is 25.7 Å². The maximum absolute atomic E-state index is 6.50. The molecule has 1 aliphatic carbocycles. The minimum Gasteiger partial charge on any atom is -0.496 e. The average Bonchev–Trinajstić information content (AvgIpc) is 2.66. The molecule has 0 spiro atoms. The van der Waals surface area contributed by atoms with Gasteiger partial charge in [-0.3, -0.25) is 0 Å². The van der Waals surface area contributed by atoms with Crippen LogP contribution in [0.5, 0.6) is 0 Å². The van der Waals surface area contributed by atoms with E-state index in [-0.39, 0.29) is 11.6 Å². The van der Waals surface area contributed by atoms with E-state index in [2.05, 4.69) is 13.0 Å². The van der Waals surface area contributed by atoms with Gasteiger partial charge in [-0.2, -0.15) is 0 Å². The minimum absolute atomic E-state index is 0.0872. The standard InChI is InChI=1S/C15H27NO2/c1-2-18-15(10-6-3-4-7-11-15)14(16)13-9-5-8-12-17-13/h9,14H,2-8,10-12,16H2,1H3. The molecule has 1 unspecified atom stereocenters. The molecule has 3 nitrogen and oxygen atoms in total. The van der Waals surface area contributed by atoms with Crippen molar-refractivity contribution in [2.24, 2.45) is 5.73 Å². The maximum atomic E-state index is 6.50. The fraction of sp³-hybridized carbons (Fsp3) is 0.867. The molecule has 18 heavy (non-hydrogen) atoms. The molecule has 1 fully saturated rings. The maximum Gasteiger partial charge on any atom is 0.112 e. The first-order chi connectivity index (χ1) is 8.78. The SMILES string of the molecule is CCOC1(C(N)C2=CCCCO2)CCCCCC1. The summed E-state index contributed by atoms with van der Waals surface area (Å²) in [6.07, 6.45) is 11.6. The van der Waals surface area contributed by atoms with Crippen molar-refractivity contribution < 1.29 is 9.47 Å². The van der Waals surface area contributed by atoms with Crippen LogP contribution >= 0.6 is 0 Å². The second-order valence-corrected chi connectivity index (χ2v) is 5.49. The molecule has 2 N–H and O–H groups in total. The topological polar surface area (TPSA) is 44.5 Å². The fourth-order valence-corrected chi connectivity index (χ4v) is 3.21. The highest BCUT2D eigenvalue weighted by molar-refractivity contribution is 5.13. The zero-order valence-corrected chi connectivity index (χ0v) is 11.6. The summed E-state index contributed by atoms with van der Waals surface area (Å²) in [6.45, 7) is 3.61. The zero-order valence-electron chi connectivity index (χ0n) is 11.6. The van der Waals surface area contributed by atoms with Gasteiger partial charge in [0.2, 0.25) is 0 Å². The number of ether oxygens (including phenoxy) is 2. The number of rotatable bonds is 4. The Hall–Kier alpha value is -0.540. The van der Waals surface area contributed by atoms with Crippen molar-refractivity contribution >= 4 is 0 Å². The van der Waals surface area contributed by atoms with E-state index in [4.69, 9.17) is 15.2 Å². The van der Waals surface area contributed by atoms with Gasteiger partial charge in [0.25, 0.3) is 0 Å². The predicted octanol–water partition coefficient (Wildman–Crippen LogP) is 3.14. The first-order valence-electron chi connectivity index (χ1n) is 7.51. The van der Waals surface area contributed by atoms with E-state index in [1.165, 1.54) is 25.7 Å². The molecule has 1 saturated carbocycles. The molecule has 0 amide bonds. The molecular weight excluding hydrogens is 226 g/mol. The van der Waals surface area contributed by atoms with E-state index >= 15 is 0 Å². The monoisotopic (exact) mass is 253 g/mol. The third-order valence-corrected chi connectivity index (χ3v) is 4.22. The van der Waals surface area contributed by atoms with Gasteiger partial charge in [-0.05, 0) is 38.7 Å². The molecule has 1 heterocycles. The van der Waals surface area contributed by atoms with E-state index in [1.54, 1.807) is 0 Å². The highest BCUT2D eigenvalue weighted by Crippen LogP contribution is 2.36. The van der Waals surface area contributed by atoms with Crippen LogP contribution < -0.4 is 5.73 Å². The molecule has 3 heteroatoms. The van der Waals surface area contributed by atoms with Crippen molar-refractivity contribution in [2.45, 2.75) is 69.9 Å². The number of allylic oxidation sites excluding steroid dienone is 1. The number of nitrogens with two attached hydrogens (primary N) is 1. The van der Waals surface area contributed by atoms with Gasteiger partial charge in [0.1, 0.15) is 5.76 Å². The Morgan fingerprint density at radius 2 is 2.00 bits per heavy atom. The van der Waals surface area contributed by atoms with Crippen LogP contribution in [-0.4, -0.2) is 24.9 Å². The second-order valence-electron chi connectivity index (χ2n) is 5.49. The van der Waals surface area contributed by atoms with Crippen molar-refractivity contribution in [3.8, 4) is 0 Å². The quantitative estimate of drug-likeness (QED) is 0.783. The van der Waals surface area contributed by atoms with Crippen molar-refractivity contribution in [1.82, 2.24) is 0 Å². The third kappa shape index (κ3) is 3.07. The Morgan fingerprint density at radius 3 is 2.56 bits per heavy atom. The van der Waals surface area contributed by atoms with Gasteiger partial charge >= 0.3 is 0 Å². The van der Waals surface area contributed by atoms with Crippen LogP contribution in [0.2, 0.25) is 0 Å². The van der Waals surface area contributed by atoms with Gasteiger partial charge in [0, 0.05) is 6.61 Å². The van der Waals surface area contributed by atoms with Crippen LogP contribution in [0.3, 0.4) is 0 Å². The molecule has 104 valence electrons. The van der Waals surface area contributed by atoms with E-state index in [0.29, 0.717) is 0 Å². The number of hydrogen-bond donors (Lipinski definition) is 1. The van der Waals surface area contributed by atoms with Crippen molar-refractivity contribution in [1.29, 1.82) is 0 Å². The van der Waals surface area contributed by atoms with Gasteiger partial charge in [-0.25, -0.2) is 0 Å². The van der Waals surface area contributed by atoms with Crippen LogP contribution in [-0.2, 0) is 9.47 Å². The van der Waals surface area contributed by atoms with Gasteiger partial charge in [0.15, 0.2) is 0 Å². The fourth-order valence-electron chi connectivity index (χ4n) is 3.21. The first kappa shape index (κ1) is 13.9. The van der Waals surface area contributed by atoms with Crippen molar-refractivity contribution in [3.63, 3.8) is 0 Å². The van der Waals surface area contributed by atoms with Crippen LogP contribution in [0.4, 0.5) is 0 Å². The lowest BCUT2D eigenvalue weighted by molar-refractivity contribution is -0.0716. The Morgan fingerprint density at radius 1 is 1.28 bits per heavy atom. The molecule has 1 aliphatic heterocycles. The summed E-state index contributed by atoms with van der Waals surface area (Å²) in [5, 5.41) is 0. The molecule has 0 bridgehead atoms. The summed E-state index contributed by atoms with van der Waals surface area (Å²) in [6, 6.07) is -0.0872. The molecule has 2 rings (SSSR count). The average molecular weight is 253 g/mol. The van der Waals surface area contributed by atoms with Crippen LogP contribution in [0.25, 0.3) is 0 Å². The highest BCUT2D eigenvalue weighted by Gasteiger charge is 2.40. The summed E-state index contributed by atoms with van der Waals surface area (Å²) in [5.41, 5.74) is 6.31. The smallest absolute Gasteiger partial charge is 0.112 e. The van der Waals surface area contributed by atoms with Gasteiger partial charge in [0.05, 0.1) is 18.2 Å². The molecule has 0 aromatic heterocycles. The van der Waals surface area contributed by atoms with E-state index in [9.17, 15) is 0 Å². The lowest BCUT2D eigenvalue weighted by atomic mass is 9.84. The zero-order chi connectivity index (χ0) is 12.8. The van der Waals surface area contributed by atoms with Gasteiger partial charge < -0.3 is 15.2 Å². The van der Waals surface area contributed by atoms with Gasteiger partial charge in [-0.15, -0.1) is 0 Å². The molecule has 0 aromatic rings. The van der Waals surface area contributed by atoms with E-state index in [0.717, 1.165) is 44.7 Å². The molecule has 0 aromatic carbocycles. The second kappa shape index (κ2) is 6.58. The summed E-state index contributed by atoms with van der Waals surface area (Å²) >= 11 is 0. The Bertz CT molecular complexity index is 280. The summed E-state index contributed by atoms with van der Waals surface area (Å²) in [4.78, 5) is 0. The third-order valence-electron chi connectivity index (χ3n) is 4.22. The van der Waals surface area contributed by atoms with E-state index < -0.39 is 0 Å². The van der Waals surface area contributed by atoms with Crippen molar-refractivity contribution in [3.05, 3.63) is 11.8 Å². The summed E-state index contributed by atoms with van der Waals surface area (Å²) in [7, 11) is 0. The van der Waals surface area contributed by atoms with Crippen LogP contribution in [0.15, 0.2) is 11.8 Å². The molecule has 1 atom stereocenters. The Labute approximate surface area is 111 Å². The largest absolute Gasteiger partial charge is 0.496 e. The first-order valence-corrected chi connectivity index (χ1v) is 7.51. The summed E-state index contributed by atoms with van der Waals surface area (Å²) in [5.74, 6) is 0.969. The van der Waals surface area contributed by atoms with Crippen LogP contribution in [0.1, 0.15) is 58.3 Å². The van der Waals surface area contributed by atoms with Crippen LogP contribution in [0, 0.1) is 0 Å². The molecule has 0 radical (unpaired) electrons. The molecule has 2 aliphatic rings. The normalized spacial score (nSPS) is 25.8. The van der Waals surface area contributed by atoms with E-state index in [1.807, 2.05) is 0 Å². The summed E-state index contributed by atoms with van der Waals surface area (Å²) < 4.78 is 11.9. The Kier molecular flexibility index (Phi) is 5.07. The minimum atomic E-state index is -0.186. The predicted molar refractivity (Wildman–Crippen MR) is 73.3 cm³/mol. The molecule has 0 saturated heterocycles. The lowest BCUT2D eigenvalue weighted by Crippen LogP contribution is -2.51. The number of hydrogen-bond acceptors (Lipinski definition) is 3. The highest BCUT2D eigenvalue weighted by atomic mass is 16.5. The molecular formula is C15H27NO2. The van der Waals surface area contributed by atoms with Crippen molar-refractivity contribution in [2.75, 3.05) is 13.2 Å².